The number of aliphatic hydroxyl groups excluding tert-OH is 1. The molecule has 0 saturated carbocycles. The van der Waals surface area contributed by atoms with Crippen LogP contribution in [0.15, 0.2) is 54.9 Å². The van der Waals surface area contributed by atoms with Gasteiger partial charge in [0.15, 0.2) is 5.78 Å². The first kappa shape index (κ1) is 19.8. The maximum absolute atomic E-state index is 13.1. The van der Waals surface area contributed by atoms with Gasteiger partial charge in [-0.2, -0.15) is 0 Å². The number of nitrogens with one attached hydrogen (secondary N) is 3. The number of benzene rings is 1. The number of hydrogen-bond donors (Lipinski definition) is 4. The second kappa shape index (κ2) is 8.51. The molecule has 1 aliphatic rings. The molecule has 1 unspecified atom stereocenters. The van der Waals surface area contributed by atoms with Gasteiger partial charge in [0.05, 0.1) is 29.5 Å². The highest BCUT2D eigenvalue weighted by molar-refractivity contribution is 6.08. The molecule has 30 heavy (non-hydrogen) atoms. The Hall–Kier alpha value is -3.45. The third-order valence-corrected chi connectivity index (χ3v) is 5.10. The van der Waals surface area contributed by atoms with E-state index in [0.29, 0.717) is 12.0 Å². The lowest BCUT2D eigenvalue weighted by molar-refractivity contribution is -0.123. The van der Waals surface area contributed by atoms with E-state index in [-0.39, 0.29) is 30.6 Å². The zero-order valence-corrected chi connectivity index (χ0v) is 16.7. The number of Topliss-reactive ketones (excluding diaryl/α,β-unsaturated/α-hetero) is 1. The van der Waals surface area contributed by atoms with E-state index < -0.39 is 6.10 Å². The maximum Gasteiger partial charge on any atom is 0.222 e. The molecule has 2 aromatic heterocycles. The minimum atomic E-state index is -0.717. The number of aliphatic hydroxyl groups is 1. The first-order chi connectivity index (χ1) is 14.5. The zero-order chi connectivity index (χ0) is 21.1. The Kier molecular flexibility index (Phi) is 5.63. The molecule has 1 amide bonds. The molecule has 2 atom stereocenters. The molecule has 2 heterocycles. The summed E-state index contributed by atoms with van der Waals surface area (Å²) in [6.07, 6.45) is 3.46. The molecule has 1 aromatic carbocycles. The number of anilines is 2. The molecule has 154 valence electrons. The minimum absolute atomic E-state index is 0.0192. The van der Waals surface area contributed by atoms with Gasteiger partial charge in [-0.05, 0) is 31.2 Å². The van der Waals surface area contributed by atoms with Gasteiger partial charge in [0.1, 0.15) is 0 Å². The summed E-state index contributed by atoms with van der Waals surface area (Å²) in [6.45, 7) is 1.57. The van der Waals surface area contributed by atoms with E-state index >= 15 is 0 Å². The number of carbonyl (C=O) groups is 2. The van der Waals surface area contributed by atoms with Crippen LogP contribution in [0, 0.1) is 0 Å². The molecule has 0 spiro atoms. The molecule has 0 radical (unpaired) electrons. The lowest BCUT2D eigenvalue weighted by Gasteiger charge is -2.23. The van der Waals surface area contributed by atoms with Crippen LogP contribution in [-0.4, -0.2) is 38.9 Å². The van der Waals surface area contributed by atoms with Crippen molar-refractivity contribution in [3.63, 3.8) is 0 Å². The van der Waals surface area contributed by atoms with Crippen molar-refractivity contribution < 1.29 is 14.7 Å². The van der Waals surface area contributed by atoms with Crippen molar-refractivity contribution in [1.29, 1.82) is 0 Å². The van der Waals surface area contributed by atoms with Gasteiger partial charge in [-0.15, -0.1) is 0 Å². The number of H-pyrrole nitrogens is 1. The average molecular weight is 404 g/mol. The Morgan fingerprint density at radius 3 is 2.63 bits per heavy atom. The Morgan fingerprint density at radius 2 is 1.93 bits per heavy atom. The summed E-state index contributed by atoms with van der Waals surface area (Å²) < 4.78 is 0. The van der Waals surface area contributed by atoms with Crippen LogP contribution in [0.25, 0.3) is 11.3 Å². The molecule has 7 heteroatoms. The summed E-state index contributed by atoms with van der Waals surface area (Å²) in [5.74, 6) is -0.289. The van der Waals surface area contributed by atoms with E-state index in [9.17, 15) is 14.7 Å². The highest BCUT2D eigenvalue weighted by Crippen LogP contribution is 2.38. The largest absolute Gasteiger partial charge is 0.393 e. The van der Waals surface area contributed by atoms with Crippen LogP contribution < -0.4 is 10.6 Å². The van der Waals surface area contributed by atoms with E-state index in [1.54, 1.807) is 19.3 Å². The second-order valence-electron chi connectivity index (χ2n) is 7.60. The lowest BCUT2D eigenvalue weighted by Crippen LogP contribution is -2.41. The highest BCUT2D eigenvalue weighted by atomic mass is 16.3. The molecule has 1 aliphatic carbocycles. The SMILES string of the molecule is C[C@H](O)CC(=O)NC1CC(=O)c2c([nH]c(-c3ccncc3)c2Nc2ccccc2)C1. The summed E-state index contributed by atoms with van der Waals surface area (Å²) in [5.41, 5.74) is 4.78. The summed E-state index contributed by atoms with van der Waals surface area (Å²) in [4.78, 5) is 32.6. The molecule has 4 N–H and O–H groups in total. The molecule has 0 bridgehead atoms. The zero-order valence-electron chi connectivity index (χ0n) is 16.7. The van der Waals surface area contributed by atoms with Crippen LogP contribution in [0.5, 0.6) is 0 Å². The molecule has 7 nitrogen and oxygen atoms in total. The van der Waals surface area contributed by atoms with Gasteiger partial charge in [-0.25, -0.2) is 0 Å². The summed E-state index contributed by atoms with van der Waals surface area (Å²) in [6, 6.07) is 13.2. The number of ketones is 1. The third-order valence-electron chi connectivity index (χ3n) is 5.10. The number of hydrogen-bond acceptors (Lipinski definition) is 5. The van der Waals surface area contributed by atoms with Gasteiger partial charge in [-0.3, -0.25) is 14.6 Å². The van der Waals surface area contributed by atoms with Crippen LogP contribution in [0.1, 0.15) is 35.8 Å². The predicted octanol–water partition coefficient (Wildman–Crippen LogP) is 3.20. The number of amides is 1. The predicted molar refractivity (Wildman–Crippen MR) is 115 cm³/mol. The fourth-order valence-corrected chi connectivity index (χ4v) is 3.84. The number of pyridine rings is 1. The van der Waals surface area contributed by atoms with Crippen LogP contribution in [0.3, 0.4) is 0 Å². The van der Waals surface area contributed by atoms with Gasteiger partial charge in [0.25, 0.3) is 0 Å². The first-order valence-electron chi connectivity index (χ1n) is 9.99. The smallest absolute Gasteiger partial charge is 0.222 e. The van der Waals surface area contributed by atoms with Gasteiger partial charge in [0.2, 0.25) is 5.91 Å². The molecular formula is C23H24N4O3. The fraction of sp³-hybridized carbons (Fsp3) is 0.261. The van der Waals surface area contributed by atoms with Crippen molar-refractivity contribution in [3.8, 4) is 11.3 Å². The standard InChI is InChI=1S/C23H24N4O3/c1-14(28)11-20(30)25-17-12-18-21(19(29)13-17)23(26-16-5-3-2-4-6-16)22(27-18)15-7-9-24-10-8-15/h2-10,14,17,26-28H,11-13H2,1H3,(H,25,30)/t14-,17?/m0/s1. The highest BCUT2D eigenvalue weighted by Gasteiger charge is 2.32. The maximum atomic E-state index is 13.1. The Labute approximate surface area is 174 Å². The molecule has 4 rings (SSSR count). The van der Waals surface area contributed by atoms with Crippen molar-refractivity contribution in [2.45, 2.75) is 38.3 Å². The summed E-state index contributed by atoms with van der Waals surface area (Å²) >= 11 is 0. The number of rotatable bonds is 6. The second-order valence-corrected chi connectivity index (χ2v) is 7.60. The third kappa shape index (κ3) is 4.26. The molecular weight excluding hydrogens is 380 g/mol. The fourth-order valence-electron chi connectivity index (χ4n) is 3.84. The summed E-state index contributed by atoms with van der Waals surface area (Å²) in [7, 11) is 0. The number of aromatic amines is 1. The van der Waals surface area contributed by atoms with Crippen molar-refractivity contribution in [2.75, 3.05) is 5.32 Å². The van der Waals surface area contributed by atoms with E-state index in [1.165, 1.54) is 0 Å². The van der Waals surface area contributed by atoms with Crippen molar-refractivity contribution in [3.05, 3.63) is 66.1 Å². The Balaban J connectivity index is 1.69. The van der Waals surface area contributed by atoms with E-state index in [0.717, 1.165) is 28.3 Å². The van der Waals surface area contributed by atoms with Crippen molar-refractivity contribution >= 4 is 23.1 Å². The van der Waals surface area contributed by atoms with E-state index in [1.807, 2.05) is 42.5 Å². The molecule has 3 aromatic rings. The number of para-hydroxylation sites is 1. The summed E-state index contributed by atoms with van der Waals surface area (Å²) in [5, 5.41) is 15.7. The van der Waals surface area contributed by atoms with Gasteiger partial charge in [0, 0.05) is 48.2 Å². The monoisotopic (exact) mass is 404 g/mol. The van der Waals surface area contributed by atoms with Crippen LogP contribution in [0.2, 0.25) is 0 Å². The normalized spacial score (nSPS) is 16.6. The average Bonchev–Trinajstić information content (AvgIpc) is 3.07. The van der Waals surface area contributed by atoms with Crippen LogP contribution >= 0.6 is 0 Å². The molecule has 0 fully saturated rings. The first-order valence-corrected chi connectivity index (χ1v) is 9.99. The quantitative estimate of drug-likeness (QED) is 0.505. The van der Waals surface area contributed by atoms with Crippen molar-refractivity contribution in [2.24, 2.45) is 0 Å². The number of carbonyl (C=O) groups excluding carboxylic acids is 2. The van der Waals surface area contributed by atoms with Crippen LogP contribution in [0.4, 0.5) is 11.4 Å². The molecule has 0 saturated heterocycles. The van der Waals surface area contributed by atoms with Crippen molar-refractivity contribution in [1.82, 2.24) is 15.3 Å². The molecule has 0 aliphatic heterocycles. The number of fused-ring (bicyclic) bond motifs is 1. The van der Waals surface area contributed by atoms with Gasteiger partial charge in [-0.1, -0.05) is 18.2 Å². The minimum Gasteiger partial charge on any atom is -0.393 e. The van der Waals surface area contributed by atoms with Gasteiger partial charge >= 0.3 is 0 Å². The number of aromatic nitrogens is 2. The Bertz CT molecular complexity index is 1050. The van der Waals surface area contributed by atoms with E-state index in [4.69, 9.17) is 0 Å². The lowest BCUT2D eigenvalue weighted by atomic mass is 9.90. The Morgan fingerprint density at radius 1 is 1.20 bits per heavy atom. The topological polar surface area (TPSA) is 107 Å². The van der Waals surface area contributed by atoms with Gasteiger partial charge < -0.3 is 20.7 Å². The van der Waals surface area contributed by atoms with E-state index in [2.05, 4.69) is 20.6 Å². The van der Waals surface area contributed by atoms with Crippen LogP contribution in [-0.2, 0) is 11.2 Å². The number of nitrogens with zero attached hydrogens (tertiary/aromatic N) is 1.